The van der Waals surface area contributed by atoms with E-state index in [1.165, 1.54) is 35.6 Å². The third kappa shape index (κ3) is 5.23. The van der Waals surface area contributed by atoms with Gasteiger partial charge in [-0.1, -0.05) is 17.7 Å². The maximum absolute atomic E-state index is 15.4. The molecule has 1 fully saturated rings. The molecule has 1 aliphatic rings. The highest BCUT2D eigenvalue weighted by Gasteiger charge is 2.48. The van der Waals surface area contributed by atoms with Crippen LogP contribution in [0.1, 0.15) is 38.5 Å². The fraction of sp³-hybridized carbons (Fsp3) is 0.367. The van der Waals surface area contributed by atoms with Crippen LogP contribution in [0.5, 0.6) is 5.75 Å². The summed E-state index contributed by atoms with van der Waals surface area (Å²) >= 11 is 0. The van der Waals surface area contributed by atoms with Crippen LogP contribution in [-0.2, 0) is 16.1 Å². The van der Waals surface area contributed by atoms with Crippen molar-refractivity contribution in [2.45, 2.75) is 39.3 Å². The highest BCUT2D eigenvalue weighted by Crippen LogP contribution is 2.39. The van der Waals surface area contributed by atoms with E-state index in [2.05, 4.69) is 0 Å². The van der Waals surface area contributed by atoms with Crippen LogP contribution in [0.2, 0.25) is 0 Å². The van der Waals surface area contributed by atoms with E-state index in [0.717, 1.165) is 23.3 Å². The first kappa shape index (κ1) is 28.9. The Hall–Kier alpha value is -4.05. The minimum atomic E-state index is -1.28. The molecule has 2 heterocycles. The molecule has 3 aromatic rings. The maximum Gasteiger partial charge on any atom is 0.274 e. The standard InChI is InChI=1S/C30H33F2N3O5/c1-17-7-9-20(10-8-17)28(36)33(4)27-22(25-23(31)13-21(40-6)14-24(25)32)16-35(30(27)38)26-19(3)18(2)15-34(29(26)37)11-12-39-5/h7-10,13-15,22,27H,11-12,16H2,1-6H3/t22-,27?/m0/s1. The van der Waals surface area contributed by atoms with Crippen molar-refractivity contribution in [1.82, 2.24) is 9.47 Å². The minimum absolute atomic E-state index is 0.0175. The molecule has 2 aromatic carbocycles. The molecule has 1 aliphatic heterocycles. The van der Waals surface area contributed by atoms with Crippen molar-refractivity contribution < 1.29 is 27.8 Å². The van der Waals surface area contributed by atoms with Crippen LogP contribution in [0.25, 0.3) is 0 Å². The van der Waals surface area contributed by atoms with E-state index in [9.17, 15) is 14.4 Å². The van der Waals surface area contributed by atoms with E-state index < -0.39 is 41.0 Å². The number of hydrogen-bond acceptors (Lipinski definition) is 5. The van der Waals surface area contributed by atoms with Crippen LogP contribution >= 0.6 is 0 Å². The Labute approximate surface area is 231 Å². The van der Waals surface area contributed by atoms with Crippen molar-refractivity contribution in [3.8, 4) is 5.75 Å². The molecular formula is C30H33F2N3O5. The van der Waals surface area contributed by atoms with Crippen LogP contribution in [0.4, 0.5) is 14.5 Å². The van der Waals surface area contributed by atoms with E-state index in [1.54, 1.807) is 37.4 Å². The number of ether oxygens (including phenoxy) is 2. The van der Waals surface area contributed by atoms with Crippen LogP contribution in [0.15, 0.2) is 47.4 Å². The number of aryl methyl sites for hydroxylation is 2. The molecule has 212 valence electrons. The largest absolute Gasteiger partial charge is 0.497 e. The summed E-state index contributed by atoms with van der Waals surface area (Å²) in [7, 11) is 4.24. The Bertz CT molecular complexity index is 1480. The first-order valence-corrected chi connectivity index (χ1v) is 12.9. The van der Waals surface area contributed by atoms with E-state index in [-0.39, 0.29) is 36.7 Å². The quantitative estimate of drug-likeness (QED) is 0.422. The normalized spacial score (nSPS) is 16.9. The zero-order valence-electron chi connectivity index (χ0n) is 23.5. The highest BCUT2D eigenvalue weighted by atomic mass is 19.1. The van der Waals surface area contributed by atoms with Gasteiger partial charge in [-0.05, 0) is 44.0 Å². The number of halogens is 2. The minimum Gasteiger partial charge on any atom is -0.497 e. The number of likely N-dealkylation sites (N-methyl/N-ethyl adjacent to an activating group) is 1. The van der Waals surface area contributed by atoms with Crippen LogP contribution in [0.3, 0.4) is 0 Å². The number of anilines is 1. The van der Waals surface area contributed by atoms with Gasteiger partial charge in [0.25, 0.3) is 17.4 Å². The number of carbonyl (C=O) groups excluding carboxylic acids is 2. The lowest BCUT2D eigenvalue weighted by Crippen LogP contribution is -2.46. The number of rotatable bonds is 8. The maximum atomic E-state index is 15.4. The molecule has 10 heteroatoms. The lowest BCUT2D eigenvalue weighted by atomic mass is 9.91. The van der Waals surface area contributed by atoms with E-state index in [4.69, 9.17) is 9.47 Å². The zero-order valence-corrected chi connectivity index (χ0v) is 23.5. The number of pyridine rings is 1. The number of nitrogens with zero attached hydrogens (tertiary/aromatic N) is 3. The summed E-state index contributed by atoms with van der Waals surface area (Å²) in [5, 5.41) is 0. The third-order valence-electron chi connectivity index (χ3n) is 7.54. The van der Waals surface area contributed by atoms with E-state index in [0.29, 0.717) is 11.1 Å². The fourth-order valence-electron chi connectivity index (χ4n) is 5.21. The van der Waals surface area contributed by atoms with Crippen molar-refractivity contribution in [2.75, 3.05) is 39.3 Å². The van der Waals surface area contributed by atoms with Crippen molar-refractivity contribution in [3.63, 3.8) is 0 Å². The van der Waals surface area contributed by atoms with Gasteiger partial charge in [-0.3, -0.25) is 14.4 Å². The summed E-state index contributed by atoms with van der Waals surface area (Å²) in [5.41, 5.74) is 1.91. The Morgan fingerprint density at radius 1 is 1.05 bits per heavy atom. The summed E-state index contributed by atoms with van der Waals surface area (Å²) in [6, 6.07) is 7.60. The second kappa shape index (κ2) is 11.6. The van der Waals surface area contributed by atoms with E-state index >= 15 is 8.78 Å². The van der Waals surface area contributed by atoms with Crippen molar-refractivity contribution in [1.29, 1.82) is 0 Å². The number of carbonyl (C=O) groups is 2. The van der Waals surface area contributed by atoms with Gasteiger partial charge in [-0.15, -0.1) is 0 Å². The summed E-state index contributed by atoms with van der Waals surface area (Å²) in [6.45, 7) is 5.73. The molecule has 1 saturated heterocycles. The van der Waals surface area contributed by atoms with Gasteiger partial charge in [0.15, 0.2) is 0 Å². The predicted octanol–water partition coefficient (Wildman–Crippen LogP) is 3.98. The van der Waals surface area contributed by atoms with Crippen LogP contribution in [0, 0.1) is 32.4 Å². The van der Waals surface area contributed by atoms with Gasteiger partial charge < -0.3 is 23.8 Å². The fourth-order valence-corrected chi connectivity index (χ4v) is 5.21. The predicted molar refractivity (Wildman–Crippen MR) is 147 cm³/mol. The molecule has 1 unspecified atom stereocenters. The Balaban J connectivity index is 1.86. The molecule has 1 aromatic heterocycles. The number of hydrogen-bond donors (Lipinski definition) is 0. The topological polar surface area (TPSA) is 81.1 Å². The van der Waals surface area contributed by atoms with Gasteiger partial charge >= 0.3 is 0 Å². The average molecular weight is 554 g/mol. The van der Waals surface area contributed by atoms with Gasteiger partial charge in [0.2, 0.25) is 0 Å². The van der Waals surface area contributed by atoms with Crippen molar-refractivity contribution >= 4 is 17.5 Å². The lowest BCUT2D eigenvalue weighted by Gasteiger charge is -2.28. The molecule has 0 N–H and O–H groups in total. The molecule has 40 heavy (non-hydrogen) atoms. The molecule has 0 bridgehead atoms. The van der Waals surface area contributed by atoms with Gasteiger partial charge in [-0.2, -0.15) is 0 Å². The SMILES string of the molecule is COCCn1cc(C)c(C)c(N2C[C@@H](c3c(F)cc(OC)cc3F)C(N(C)C(=O)c3ccc(C)cc3)C2=O)c1=O. The molecule has 0 spiro atoms. The second-order valence-corrected chi connectivity index (χ2v) is 10.1. The number of methoxy groups -OCH3 is 2. The average Bonchev–Trinajstić information content (AvgIpc) is 3.25. The Morgan fingerprint density at radius 2 is 1.68 bits per heavy atom. The molecule has 8 nitrogen and oxygen atoms in total. The molecule has 4 rings (SSSR count). The number of aromatic nitrogens is 1. The first-order valence-electron chi connectivity index (χ1n) is 12.9. The first-order chi connectivity index (χ1) is 19.0. The van der Waals surface area contributed by atoms with Gasteiger partial charge in [0, 0.05) is 62.6 Å². The van der Waals surface area contributed by atoms with Crippen LogP contribution in [-0.4, -0.2) is 61.7 Å². The molecule has 2 amide bonds. The Kier molecular flexibility index (Phi) is 8.39. The van der Waals surface area contributed by atoms with Gasteiger partial charge in [0.1, 0.15) is 29.1 Å². The highest BCUT2D eigenvalue weighted by molar-refractivity contribution is 6.05. The van der Waals surface area contributed by atoms with Crippen LogP contribution < -0.4 is 15.2 Å². The molecule has 0 aliphatic carbocycles. The summed E-state index contributed by atoms with van der Waals surface area (Å²) in [5.74, 6) is -4.03. The summed E-state index contributed by atoms with van der Waals surface area (Å²) in [4.78, 5) is 43.6. The number of amides is 2. The molecule has 2 atom stereocenters. The summed E-state index contributed by atoms with van der Waals surface area (Å²) < 4.78 is 42.4. The van der Waals surface area contributed by atoms with Crippen molar-refractivity contribution in [2.24, 2.45) is 0 Å². The Morgan fingerprint density at radius 3 is 2.25 bits per heavy atom. The molecule has 0 radical (unpaired) electrons. The van der Waals surface area contributed by atoms with Gasteiger partial charge in [-0.25, -0.2) is 8.78 Å². The second-order valence-electron chi connectivity index (χ2n) is 10.1. The summed E-state index contributed by atoms with van der Waals surface area (Å²) in [6.07, 6.45) is 1.69. The third-order valence-corrected chi connectivity index (χ3v) is 7.54. The van der Waals surface area contributed by atoms with Crippen molar-refractivity contribution in [3.05, 3.63) is 92.4 Å². The van der Waals surface area contributed by atoms with E-state index in [1.807, 2.05) is 13.8 Å². The smallest absolute Gasteiger partial charge is 0.274 e. The zero-order chi connectivity index (χ0) is 29.3. The number of benzene rings is 2. The molecule has 0 saturated carbocycles. The molecular weight excluding hydrogens is 520 g/mol. The van der Waals surface area contributed by atoms with Gasteiger partial charge in [0.05, 0.1) is 13.7 Å². The monoisotopic (exact) mass is 553 g/mol. The lowest BCUT2D eigenvalue weighted by molar-refractivity contribution is -0.120.